The van der Waals surface area contributed by atoms with Crippen molar-refractivity contribution >= 4 is 34.3 Å². The zero-order valence-corrected chi connectivity index (χ0v) is 12.2. The fourth-order valence-corrected chi connectivity index (χ4v) is 3.51. The zero-order valence-electron chi connectivity index (χ0n) is 11.4. The van der Waals surface area contributed by atoms with Gasteiger partial charge in [-0.3, -0.25) is 4.79 Å². The molecule has 3 rings (SSSR count). The van der Waals surface area contributed by atoms with Gasteiger partial charge in [0, 0.05) is 29.5 Å². The number of hydrogen-bond acceptors (Lipinski definition) is 4. The number of pyridine rings is 1. The minimum Gasteiger partial charge on any atom is -0.383 e. The number of nitrogens with zero attached hydrogens (tertiary/aromatic N) is 2. The maximum Gasteiger partial charge on any atom is 0.272 e. The smallest absolute Gasteiger partial charge is 0.272 e. The molecule has 0 aliphatic carbocycles. The number of fused-ring (bicyclic) bond motifs is 1. The number of anilines is 1. The second-order valence-electron chi connectivity index (χ2n) is 5.05. The van der Waals surface area contributed by atoms with Gasteiger partial charge >= 0.3 is 0 Å². The summed E-state index contributed by atoms with van der Waals surface area (Å²) in [5.41, 5.74) is 6.41. The van der Waals surface area contributed by atoms with E-state index in [1.807, 2.05) is 47.0 Å². The Balaban J connectivity index is 1.95. The third kappa shape index (κ3) is 2.45. The van der Waals surface area contributed by atoms with Crippen molar-refractivity contribution in [3.05, 3.63) is 36.0 Å². The van der Waals surface area contributed by atoms with Crippen LogP contribution in [0.5, 0.6) is 0 Å². The summed E-state index contributed by atoms with van der Waals surface area (Å²) in [6, 6.07) is 9.58. The van der Waals surface area contributed by atoms with E-state index in [0.717, 1.165) is 29.6 Å². The molecule has 1 aromatic carbocycles. The molecular weight excluding hydrogens is 270 g/mol. The standard InChI is InChI=1S/C15H17N3OS/c1-10-9-18(6-7-20-10)15(19)13-8-11-4-2-3-5-12(11)14(16)17-13/h2-5,8,10H,6-7,9H2,1H3,(H2,16,17). The molecule has 1 atom stereocenters. The van der Waals surface area contributed by atoms with Crippen LogP contribution < -0.4 is 5.73 Å². The van der Waals surface area contributed by atoms with Gasteiger partial charge in [0.1, 0.15) is 11.5 Å². The van der Waals surface area contributed by atoms with Crippen LogP contribution in [0.3, 0.4) is 0 Å². The monoisotopic (exact) mass is 287 g/mol. The summed E-state index contributed by atoms with van der Waals surface area (Å²) >= 11 is 1.90. The lowest BCUT2D eigenvalue weighted by Crippen LogP contribution is -2.41. The van der Waals surface area contributed by atoms with Gasteiger partial charge in [-0.05, 0) is 11.5 Å². The van der Waals surface area contributed by atoms with Crippen molar-refractivity contribution < 1.29 is 4.79 Å². The number of benzene rings is 1. The molecule has 20 heavy (non-hydrogen) atoms. The minimum atomic E-state index is -0.0189. The number of carbonyl (C=O) groups is 1. The number of carbonyl (C=O) groups excluding carboxylic acids is 1. The molecular formula is C15H17N3OS. The molecule has 2 aromatic rings. The molecule has 1 fully saturated rings. The van der Waals surface area contributed by atoms with Gasteiger partial charge in [-0.15, -0.1) is 0 Å². The number of amides is 1. The number of hydrogen-bond donors (Lipinski definition) is 1. The number of thioether (sulfide) groups is 1. The Morgan fingerprint density at radius 3 is 3.05 bits per heavy atom. The number of rotatable bonds is 1. The Hall–Kier alpha value is -1.75. The lowest BCUT2D eigenvalue weighted by molar-refractivity contribution is 0.0757. The molecule has 0 saturated carbocycles. The van der Waals surface area contributed by atoms with E-state index in [-0.39, 0.29) is 5.91 Å². The molecule has 0 bridgehead atoms. The minimum absolute atomic E-state index is 0.0189. The highest BCUT2D eigenvalue weighted by Crippen LogP contribution is 2.23. The third-order valence-electron chi connectivity index (χ3n) is 3.52. The summed E-state index contributed by atoms with van der Waals surface area (Å²) in [5.74, 6) is 1.39. The van der Waals surface area contributed by atoms with E-state index in [1.54, 1.807) is 0 Å². The van der Waals surface area contributed by atoms with Crippen LogP contribution in [0.15, 0.2) is 30.3 Å². The summed E-state index contributed by atoms with van der Waals surface area (Å²) in [6.07, 6.45) is 0. The van der Waals surface area contributed by atoms with Crippen molar-refractivity contribution in [2.45, 2.75) is 12.2 Å². The van der Waals surface area contributed by atoms with Gasteiger partial charge in [-0.25, -0.2) is 4.98 Å². The lowest BCUT2D eigenvalue weighted by atomic mass is 10.1. The van der Waals surface area contributed by atoms with E-state index >= 15 is 0 Å². The van der Waals surface area contributed by atoms with Gasteiger partial charge in [0.15, 0.2) is 0 Å². The van der Waals surface area contributed by atoms with Crippen molar-refractivity contribution in [1.29, 1.82) is 0 Å². The van der Waals surface area contributed by atoms with Crippen molar-refractivity contribution in [1.82, 2.24) is 9.88 Å². The van der Waals surface area contributed by atoms with Crippen LogP contribution in [0.2, 0.25) is 0 Å². The van der Waals surface area contributed by atoms with Crippen molar-refractivity contribution in [2.75, 3.05) is 24.6 Å². The lowest BCUT2D eigenvalue weighted by Gasteiger charge is -2.30. The number of nitrogens with two attached hydrogens (primary N) is 1. The van der Waals surface area contributed by atoms with Gasteiger partial charge in [0.25, 0.3) is 5.91 Å². The molecule has 2 heterocycles. The Labute approximate surface area is 122 Å². The van der Waals surface area contributed by atoms with E-state index in [9.17, 15) is 4.79 Å². The van der Waals surface area contributed by atoms with E-state index in [1.165, 1.54) is 0 Å². The highest BCUT2D eigenvalue weighted by Gasteiger charge is 2.23. The highest BCUT2D eigenvalue weighted by atomic mass is 32.2. The first-order valence-corrected chi connectivity index (χ1v) is 7.76. The van der Waals surface area contributed by atoms with Crippen LogP contribution in [-0.4, -0.2) is 39.9 Å². The molecule has 1 amide bonds. The van der Waals surface area contributed by atoms with Crippen LogP contribution >= 0.6 is 11.8 Å². The normalized spacial score (nSPS) is 19.2. The summed E-state index contributed by atoms with van der Waals surface area (Å²) < 4.78 is 0. The van der Waals surface area contributed by atoms with Crippen LogP contribution in [0, 0.1) is 0 Å². The first-order chi connectivity index (χ1) is 9.65. The maximum absolute atomic E-state index is 12.5. The molecule has 104 valence electrons. The van der Waals surface area contributed by atoms with E-state index in [0.29, 0.717) is 16.8 Å². The van der Waals surface area contributed by atoms with Gasteiger partial charge in [-0.2, -0.15) is 11.8 Å². The SMILES string of the molecule is CC1CN(C(=O)c2cc3ccccc3c(N)n2)CCS1. The molecule has 4 nitrogen and oxygen atoms in total. The zero-order chi connectivity index (χ0) is 14.1. The Bertz CT molecular complexity index is 659. The molecule has 1 aromatic heterocycles. The second-order valence-corrected chi connectivity index (χ2v) is 6.59. The molecule has 1 aliphatic heterocycles. The molecule has 1 unspecified atom stereocenters. The maximum atomic E-state index is 12.5. The fraction of sp³-hybridized carbons (Fsp3) is 0.333. The van der Waals surface area contributed by atoms with Crippen LogP contribution in [-0.2, 0) is 0 Å². The predicted octanol–water partition coefficient (Wildman–Crippen LogP) is 2.39. The van der Waals surface area contributed by atoms with Crippen LogP contribution in [0.4, 0.5) is 5.82 Å². The molecule has 0 spiro atoms. The molecule has 2 N–H and O–H groups in total. The highest BCUT2D eigenvalue weighted by molar-refractivity contribution is 7.99. The quantitative estimate of drug-likeness (QED) is 0.875. The Kier molecular flexibility index (Phi) is 3.53. The van der Waals surface area contributed by atoms with Gasteiger partial charge in [0.2, 0.25) is 0 Å². The third-order valence-corrected chi connectivity index (χ3v) is 4.65. The molecule has 1 saturated heterocycles. The van der Waals surface area contributed by atoms with Crippen molar-refractivity contribution in [3.8, 4) is 0 Å². The van der Waals surface area contributed by atoms with Crippen LogP contribution in [0.25, 0.3) is 10.8 Å². The number of nitrogen functional groups attached to an aromatic ring is 1. The topological polar surface area (TPSA) is 59.2 Å². The Morgan fingerprint density at radius 1 is 1.45 bits per heavy atom. The average Bonchev–Trinajstić information content (AvgIpc) is 2.46. The summed E-state index contributed by atoms with van der Waals surface area (Å²) in [6.45, 7) is 3.70. The molecule has 1 aliphatic rings. The largest absolute Gasteiger partial charge is 0.383 e. The van der Waals surface area contributed by atoms with Gasteiger partial charge in [-0.1, -0.05) is 31.2 Å². The van der Waals surface area contributed by atoms with E-state index < -0.39 is 0 Å². The van der Waals surface area contributed by atoms with E-state index in [2.05, 4.69) is 11.9 Å². The summed E-state index contributed by atoms with van der Waals surface area (Å²) in [5, 5.41) is 2.33. The predicted molar refractivity (Wildman–Crippen MR) is 84.0 cm³/mol. The summed E-state index contributed by atoms with van der Waals surface area (Å²) in [4.78, 5) is 18.7. The van der Waals surface area contributed by atoms with Crippen LogP contribution in [0.1, 0.15) is 17.4 Å². The Morgan fingerprint density at radius 2 is 2.25 bits per heavy atom. The number of aromatic nitrogens is 1. The average molecular weight is 287 g/mol. The first-order valence-electron chi connectivity index (χ1n) is 6.71. The van der Waals surface area contributed by atoms with Gasteiger partial charge < -0.3 is 10.6 Å². The molecule has 5 heteroatoms. The van der Waals surface area contributed by atoms with Gasteiger partial charge in [0.05, 0.1) is 0 Å². The fourth-order valence-electron chi connectivity index (χ4n) is 2.50. The summed E-state index contributed by atoms with van der Waals surface area (Å²) in [7, 11) is 0. The first kappa shape index (κ1) is 13.2. The van der Waals surface area contributed by atoms with Crippen molar-refractivity contribution in [3.63, 3.8) is 0 Å². The van der Waals surface area contributed by atoms with E-state index in [4.69, 9.17) is 5.73 Å². The molecule has 0 radical (unpaired) electrons. The van der Waals surface area contributed by atoms with Crippen molar-refractivity contribution in [2.24, 2.45) is 0 Å². The second kappa shape index (κ2) is 5.32.